The van der Waals surface area contributed by atoms with Crippen LogP contribution in [0.15, 0.2) is 30.3 Å². The summed E-state index contributed by atoms with van der Waals surface area (Å²) < 4.78 is 16.2. The Morgan fingerprint density at radius 3 is 2.21 bits per heavy atom. The molecule has 0 aliphatic heterocycles. The zero-order valence-electron chi connectivity index (χ0n) is 14.1. The highest BCUT2D eigenvalue weighted by Crippen LogP contribution is 2.38. The van der Waals surface area contributed by atoms with E-state index in [1.807, 2.05) is 32.0 Å². The summed E-state index contributed by atoms with van der Waals surface area (Å²) in [7, 11) is 3.07. The van der Waals surface area contributed by atoms with Gasteiger partial charge in [0.15, 0.2) is 18.1 Å². The first-order valence-electron chi connectivity index (χ1n) is 7.36. The van der Waals surface area contributed by atoms with Crippen LogP contribution in [0.4, 0.5) is 5.69 Å². The number of hydrogen-bond donors (Lipinski definition) is 1. The second-order valence-corrected chi connectivity index (χ2v) is 5.73. The Bertz CT molecular complexity index is 721. The number of hydrogen-bond acceptors (Lipinski definition) is 4. The first-order valence-corrected chi connectivity index (χ1v) is 7.73. The average molecular weight is 350 g/mol. The summed E-state index contributed by atoms with van der Waals surface area (Å²) in [5.74, 6) is 1.07. The zero-order chi connectivity index (χ0) is 17.7. The van der Waals surface area contributed by atoms with Crippen molar-refractivity contribution in [2.24, 2.45) is 0 Å². The fourth-order valence-electron chi connectivity index (χ4n) is 2.20. The first-order chi connectivity index (χ1) is 11.4. The van der Waals surface area contributed by atoms with E-state index >= 15 is 0 Å². The number of carbonyl (C=O) groups excluding carboxylic acids is 1. The fraction of sp³-hybridized carbons (Fsp3) is 0.278. The zero-order valence-corrected chi connectivity index (χ0v) is 14.9. The molecule has 0 saturated carbocycles. The van der Waals surface area contributed by atoms with E-state index < -0.39 is 0 Å². The number of aryl methyl sites for hydroxylation is 2. The smallest absolute Gasteiger partial charge is 0.262 e. The largest absolute Gasteiger partial charge is 0.493 e. The molecular weight excluding hydrogens is 330 g/mol. The maximum absolute atomic E-state index is 12.1. The molecule has 1 amide bonds. The molecule has 0 bridgehead atoms. The van der Waals surface area contributed by atoms with Gasteiger partial charge in [-0.1, -0.05) is 17.7 Å². The number of anilines is 1. The third-order valence-electron chi connectivity index (χ3n) is 3.35. The van der Waals surface area contributed by atoms with Gasteiger partial charge in [-0.15, -0.1) is 0 Å². The van der Waals surface area contributed by atoms with Crippen LogP contribution in [0.5, 0.6) is 17.2 Å². The third kappa shape index (κ3) is 4.32. The number of benzene rings is 2. The van der Waals surface area contributed by atoms with Crippen LogP contribution < -0.4 is 19.5 Å². The third-order valence-corrected chi connectivity index (χ3v) is 3.66. The van der Waals surface area contributed by atoms with E-state index in [0.29, 0.717) is 28.0 Å². The summed E-state index contributed by atoms with van der Waals surface area (Å²) in [5, 5.41) is 3.20. The standard InChI is InChI=1S/C18H20ClNO4/c1-11-5-6-14(13(19)7-11)20-17(21)10-24-18-15(22-3)8-12(2)9-16(18)23-4/h5-9H,10H2,1-4H3,(H,20,21). The molecule has 0 fully saturated rings. The van der Waals surface area contributed by atoms with E-state index in [1.54, 1.807) is 12.1 Å². The number of rotatable bonds is 6. The molecule has 0 radical (unpaired) electrons. The maximum atomic E-state index is 12.1. The number of ether oxygens (including phenoxy) is 3. The highest BCUT2D eigenvalue weighted by atomic mass is 35.5. The lowest BCUT2D eigenvalue weighted by molar-refractivity contribution is -0.118. The van der Waals surface area contributed by atoms with Crippen LogP contribution in [0.1, 0.15) is 11.1 Å². The van der Waals surface area contributed by atoms with Gasteiger partial charge in [0.2, 0.25) is 5.75 Å². The van der Waals surface area contributed by atoms with Crippen molar-refractivity contribution in [3.05, 3.63) is 46.5 Å². The fourth-order valence-corrected chi connectivity index (χ4v) is 2.48. The summed E-state index contributed by atoms with van der Waals surface area (Å²) in [6.45, 7) is 3.65. The van der Waals surface area contributed by atoms with Crippen molar-refractivity contribution >= 4 is 23.2 Å². The Kier molecular flexibility index (Phi) is 5.93. The van der Waals surface area contributed by atoms with E-state index in [4.69, 9.17) is 25.8 Å². The SMILES string of the molecule is COc1cc(C)cc(OC)c1OCC(=O)Nc1ccc(C)cc1Cl. The van der Waals surface area contributed by atoms with Crippen molar-refractivity contribution in [2.75, 3.05) is 26.1 Å². The van der Waals surface area contributed by atoms with Crippen LogP contribution in [0.2, 0.25) is 5.02 Å². The molecule has 0 aliphatic rings. The normalized spacial score (nSPS) is 10.2. The lowest BCUT2D eigenvalue weighted by Gasteiger charge is -2.15. The monoisotopic (exact) mass is 349 g/mol. The summed E-state index contributed by atoms with van der Waals surface area (Å²) in [5.41, 5.74) is 2.52. The Labute approximate surface area is 146 Å². The quantitative estimate of drug-likeness (QED) is 0.856. The molecule has 2 rings (SSSR count). The molecule has 2 aromatic carbocycles. The molecule has 2 aromatic rings. The summed E-state index contributed by atoms with van der Waals surface area (Å²) >= 11 is 6.11. The van der Waals surface area contributed by atoms with Crippen LogP contribution in [-0.4, -0.2) is 26.7 Å². The maximum Gasteiger partial charge on any atom is 0.262 e. The van der Waals surface area contributed by atoms with Gasteiger partial charge in [-0.2, -0.15) is 0 Å². The molecule has 0 aromatic heterocycles. The van der Waals surface area contributed by atoms with Crippen molar-refractivity contribution in [3.63, 3.8) is 0 Å². The molecule has 0 saturated heterocycles. The Hall–Kier alpha value is -2.40. The molecule has 0 aliphatic carbocycles. The lowest BCUT2D eigenvalue weighted by atomic mass is 10.2. The number of halogens is 1. The van der Waals surface area contributed by atoms with Crippen molar-refractivity contribution in [3.8, 4) is 17.2 Å². The second kappa shape index (κ2) is 7.93. The minimum absolute atomic E-state index is 0.194. The van der Waals surface area contributed by atoms with Gasteiger partial charge in [-0.3, -0.25) is 4.79 Å². The van der Waals surface area contributed by atoms with E-state index in [0.717, 1.165) is 11.1 Å². The highest BCUT2D eigenvalue weighted by molar-refractivity contribution is 6.33. The van der Waals surface area contributed by atoms with E-state index in [1.165, 1.54) is 14.2 Å². The van der Waals surface area contributed by atoms with Gasteiger partial charge in [-0.25, -0.2) is 0 Å². The molecular formula is C18H20ClNO4. The molecule has 128 valence electrons. The Morgan fingerprint density at radius 1 is 1.04 bits per heavy atom. The minimum atomic E-state index is -0.328. The Morgan fingerprint density at radius 2 is 1.67 bits per heavy atom. The lowest BCUT2D eigenvalue weighted by Crippen LogP contribution is -2.20. The number of nitrogens with one attached hydrogen (secondary N) is 1. The molecule has 0 spiro atoms. The predicted molar refractivity (Wildman–Crippen MR) is 94.6 cm³/mol. The van der Waals surface area contributed by atoms with Crippen LogP contribution in [-0.2, 0) is 4.79 Å². The van der Waals surface area contributed by atoms with Crippen LogP contribution in [0.25, 0.3) is 0 Å². The molecule has 0 atom stereocenters. The Balaban J connectivity index is 2.09. The number of carbonyl (C=O) groups is 1. The highest BCUT2D eigenvalue weighted by Gasteiger charge is 2.15. The molecule has 5 nitrogen and oxygen atoms in total. The molecule has 1 N–H and O–H groups in total. The predicted octanol–water partition coefficient (Wildman–Crippen LogP) is 3.99. The summed E-state index contributed by atoms with van der Waals surface area (Å²) in [6, 6.07) is 9.03. The first kappa shape index (κ1) is 17.9. The van der Waals surface area contributed by atoms with Crippen LogP contribution in [0.3, 0.4) is 0 Å². The summed E-state index contributed by atoms with van der Waals surface area (Å²) in [6.07, 6.45) is 0. The van der Waals surface area contributed by atoms with E-state index in [-0.39, 0.29) is 12.5 Å². The molecule has 6 heteroatoms. The van der Waals surface area contributed by atoms with Crippen LogP contribution >= 0.6 is 11.6 Å². The van der Waals surface area contributed by atoms with Gasteiger partial charge < -0.3 is 19.5 Å². The van der Waals surface area contributed by atoms with E-state index in [2.05, 4.69) is 5.32 Å². The van der Waals surface area contributed by atoms with Gasteiger partial charge >= 0.3 is 0 Å². The van der Waals surface area contributed by atoms with Gasteiger partial charge in [0, 0.05) is 0 Å². The number of methoxy groups -OCH3 is 2. The van der Waals surface area contributed by atoms with Crippen molar-refractivity contribution in [2.45, 2.75) is 13.8 Å². The van der Waals surface area contributed by atoms with Gasteiger partial charge in [-0.05, 0) is 49.2 Å². The minimum Gasteiger partial charge on any atom is -0.493 e. The van der Waals surface area contributed by atoms with Gasteiger partial charge in [0.05, 0.1) is 24.9 Å². The van der Waals surface area contributed by atoms with Crippen LogP contribution in [0, 0.1) is 13.8 Å². The molecule has 24 heavy (non-hydrogen) atoms. The van der Waals surface area contributed by atoms with Crippen molar-refractivity contribution in [1.82, 2.24) is 0 Å². The average Bonchev–Trinajstić information content (AvgIpc) is 2.55. The van der Waals surface area contributed by atoms with Gasteiger partial charge in [0.1, 0.15) is 0 Å². The van der Waals surface area contributed by atoms with Gasteiger partial charge in [0.25, 0.3) is 5.91 Å². The summed E-state index contributed by atoms with van der Waals surface area (Å²) in [4.78, 5) is 12.1. The van der Waals surface area contributed by atoms with E-state index in [9.17, 15) is 4.79 Å². The molecule has 0 unspecified atom stereocenters. The topological polar surface area (TPSA) is 56.8 Å². The second-order valence-electron chi connectivity index (χ2n) is 5.32. The van der Waals surface area contributed by atoms with Crippen molar-refractivity contribution in [1.29, 1.82) is 0 Å². The van der Waals surface area contributed by atoms with Crippen molar-refractivity contribution < 1.29 is 19.0 Å². The number of amides is 1. The molecule has 0 heterocycles.